The Morgan fingerprint density at radius 2 is 1.71 bits per heavy atom. The fraction of sp³-hybridized carbons (Fsp3) is 0.500. The molecule has 182 valence electrons. The van der Waals surface area contributed by atoms with Crippen LogP contribution in [-0.2, 0) is 32.0 Å². The summed E-state index contributed by atoms with van der Waals surface area (Å²) in [5.74, 6) is -0.923. The topological polar surface area (TPSA) is 88.7 Å². The zero-order valence-electron chi connectivity index (χ0n) is 20.6. The number of nitrogens with one attached hydrogen (secondary N) is 1. The monoisotopic (exact) mass is 464 g/mol. The van der Waals surface area contributed by atoms with Crippen LogP contribution in [0.1, 0.15) is 51.8 Å². The van der Waals surface area contributed by atoms with Gasteiger partial charge in [0.25, 0.3) is 0 Å². The second-order valence-corrected chi connectivity index (χ2v) is 10.1. The summed E-state index contributed by atoms with van der Waals surface area (Å²) in [6.07, 6.45) is 3.33. The SMILES string of the molecule is CC(C)C[C@H](NC(=O)[C@@H](CC(=O)[C@@H](C)Cc1ccccn1)Cc1ccccc1)C(=O)[C@@]1(C)CO1. The van der Waals surface area contributed by atoms with Crippen molar-refractivity contribution in [3.63, 3.8) is 0 Å². The van der Waals surface area contributed by atoms with E-state index >= 15 is 0 Å². The van der Waals surface area contributed by atoms with E-state index in [-0.39, 0.29) is 35.7 Å². The van der Waals surface area contributed by atoms with Gasteiger partial charge in [0.15, 0.2) is 5.78 Å². The number of carbonyl (C=O) groups excluding carboxylic acids is 3. The van der Waals surface area contributed by atoms with Crippen molar-refractivity contribution in [2.75, 3.05) is 6.61 Å². The molecule has 0 radical (unpaired) electrons. The molecule has 1 saturated heterocycles. The first kappa shape index (κ1) is 25.8. The van der Waals surface area contributed by atoms with E-state index < -0.39 is 17.6 Å². The predicted molar refractivity (Wildman–Crippen MR) is 131 cm³/mol. The highest BCUT2D eigenvalue weighted by molar-refractivity contribution is 5.97. The van der Waals surface area contributed by atoms with Crippen molar-refractivity contribution in [1.29, 1.82) is 0 Å². The Bertz CT molecular complexity index is 970. The van der Waals surface area contributed by atoms with E-state index in [1.807, 2.05) is 69.3 Å². The zero-order valence-corrected chi connectivity index (χ0v) is 20.6. The molecular weight excluding hydrogens is 428 g/mol. The first-order chi connectivity index (χ1) is 16.2. The maximum atomic E-state index is 13.4. The summed E-state index contributed by atoms with van der Waals surface area (Å²) in [5.41, 5.74) is 1.03. The summed E-state index contributed by atoms with van der Waals surface area (Å²) in [5, 5.41) is 2.98. The minimum absolute atomic E-state index is 0.0194. The molecule has 0 bridgehead atoms. The zero-order chi connectivity index (χ0) is 24.7. The highest BCUT2D eigenvalue weighted by atomic mass is 16.6. The van der Waals surface area contributed by atoms with Crippen LogP contribution in [0.25, 0.3) is 0 Å². The van der Waals surface area contributed by atoms with Crippen molar-refractivity contribution in [3.8, 4) is 0 Å². The molecule has 2 aromatic rings. The molecule has 4 atom stereocenters. The Morgan fingerprint density at radius 1 is 1.03 bits per heavy atom. The summed E-state index contributed by atoms with van der Waals surface area (Å²) in [4.78, 5) is 43.9. The molecule has 1 N–H and O–H groups in total. The molecule has 1 aromatic carbocycles. The van der Waals surface area contributed by atoms with E-state index in [1.165, 1.54) is 0 Å². The van der Waals surface area contributed by atoms with Gasteiger partial charge in [-0.2, -0.15) is 0 Å². The highest BCUT2D eigenvalue weighted by Gasteiger charge is 2.50. The molecule has 0 aliphatic carbocycles. The second kappa shape index (κ2) is 11.5. The van der Waals surface area contributed by atoms with Gasteiger partial charge in [0.05, 0.1) is 12.6 Å². The van der Waals surface area contributed by atoms with Crippen molar-refractivity contribution >= 4 is 17.5 Å². The maximum Gasteiger partial charge on any atom is 0.224 e. The summed E-state index contributed by atoms with van der Waals surface area (Å²) in [6, 6.07) is 14.7. The number of amides is 1. The maximum absolute atomic E-state index is 13.4. The van der Waals surface area contributed by atoms with E-state index in [2.05, 4.69) is 10.3 Å². The number of pyridine rings is 1. The molecule has 3 rings (SSSR count). The molecule has 0 unspecified atom stereocenters. The van der Waals surface area contributed by atoms with Gasteiger partial charge in [0.2, 0.25) is 5.91 Å². The molecule has 1 amide bonds. The second-order valence-electron chi connectivity index (χ2n) is 10.1. The number of hydrogen-bond acceptors (Lipinski definition) is 5. The number of rotatable bonds is 13. The first-order valence-electron chi connectivity index (χ1n) is 12.1. The number of hydrogen-bond donors (Lipinski definition) is 1. The molecule has 1 aliphatic rings. The first-order valence-corrected chi connectivity index (χ1v) is 12.1. The van der Waals surface area contributed by atoms with Gasteiger partial charge in [-0.25, -0.2) is 0 Å². The molecule has 1 aliphatic heterocycles. The number of nitrogens with zero attached hydrogens (tertiary/aromatic N) is 1. The van der Waals surface area contributed by atoms with Crippen molar-refractivity contribution in [2.24, 2.45) is 17.8 Å². The van der Waals surface area contributed by atoms with E-state index in [9.17, 15) is 14.4 Å². The standard InChI is InChI=1S/C28H36N2O4/c1-19(2)14-24(26(32)28(4)18-34-28)30-27(33)22(16-21-10-6-5-7-11-21)17-25(31)20(3)15-23-12-8-9-13-29-23/h5-13,19-20,22,24H,14-18H2,1-4H3,(H,30,33)/t20-,22+,24-,28+/m0/s1. The number of carbonyl (C=O) groups is 3. The number of epoxide rings is 1. The fourth-order valence-corrected chi connectivity index (χ4v) is 4.16. The van der Waals surface area contributed by atoms with Crippen molar-refractivity contribution in [3.05, 3.63) is 66.0 Å². The Labute approximate surface area is 202 Å². The van der Waals surface area contributed by atoms with Crippen LogP contribution in [0.3, 0.4) is 0 Å². The van der Waals surface area contributed by atoms with Gasteiger partial charge >= 0.3 is 0 Å². The van der Waals surface area contributed by atoms with Gasteiger partial charge in [-0.1, -0.05) is 57.2 Å². The summed E-state index contributed by atoms with van der Waals surface area (Å²) in [7, 11) is 0. The fourth-order valence-electron chi connectivity index (χ4n) is 4.16. The van der Waals surface area contributed by atoms with Gasteiger partial charge < -0.3 is 10.1 Å². The average molecular weight is 465 g/mol. The molecule has 1 fully saturated rings. The van der Waals surface area contributed by atoms with Crippen LogP contribution < -0.4 is 5.32 Å². The third-order valence-electron chi connectivity index (χ3n) is 6.37. The molecule has 6 nitrogen and oxygen atoms in total. The van der Waals surface area contributed by atoms with Gasteiger partial charge in [-0.15, -0.1) is 0 Å². The lowest BCUT2D eigenvalue weighted by Crippen LogP contribution is -2.49. The van der Waals surface area contributed by atoms with E-state index in [1.54, 1.807) is 13.1 Å². The van der Waals surface area contributed by atoms with E-state index in [0.717, 1.165) is 11.3 Å². The molecular formula is C28H36N2O4. The van der Waals surface area contributed by atoms with Gasteiger partial charge in [0, 0.05) is 30.1 Å². The highest BCUT2D eigenvalue weighted by Crippen LogP contribution is 2.30. The molecule has 1 aromatic heterocycles. The number of Topliss-reactive ketones (excluding diaryl/α,β-unsaturated/α-hetero) is 2. The van der Waals surface area contributed by atoms with Crippen LogP contribution in [-0.4, -0.2) is 40.7 Å². The molecule has 0 saturated carbocycles. The van der Waals surface area contributed by atoms with Gasteiger partial charge in [-0.3, -0.25) is 19.4 Å². The molecule has 2 heterocycles. The average Bonchev–Trinajstić information content (AvgIpc) is 3.57. The van der Waals surface area contributed by atoms with Gasteiger partial charge in [-0.05, 0) is 49.8 Å². The third-order valence-corrected chi connectivity index (χ3v) is 6.37. The normalized spacial score (nSPS) is 19.8. The van der Waals surface area contributed by atoms with Crippen LogP contribution in [0.5, 0.6) is 0 Å². The van der Waals surface area contributed by atoms with Crippen LogP contribution in [0, 0.1) is 17.8 Å². The van der Waals surface area contributed by atoms with Crippen molar-refractivity contribution in [2.45, 2.75) is 65.0 Å². The minimum atomic E-state index is -0.811. The van der Waals surface area contributed by atoms with Crippen LogP contribution in [0.2, 0.25) is 0 Å². The van der Waals surface area contributed by atoms with Crippen molar-refractivity contribution < 1.29 is 19.1 Å². The van der Waals surface area contributed by atoms with Gasteiger partial charge in [0.1, 0.15) is 11.4 Å². The number of aromatic nitrogens is 1. The quantitative estimate of drug-likeness (QED) is 0.453. The smallest absolute Gasteiger partial charge is 0.224 e. The predicted octanol–water partition coefficient (Wildman–Crippen LogP) is 3.97. The number of ketones is 2. The third kappa shape index (κ3) is 7.32. The Kier molecular flexibility index (Phi) is 8.72. The van der Waals surface area contributed by atoms with Crippen LogP contribution >= 0.6 is 0 Å². The summed E-state index contributed by atoms with van der Waals surface area (Å²) >= 11 is 0. The minimum Gasteiger partial charge on any atom is -0.361 e. The Balaban J connectivity index is 1.73. The van der Waals surface area contributed by atoms with Crippen LogP contribution in [0.4, 0.5) is 0 Å². The number of benzene rings is 1. The lowest BCUT2D eigenvalue weighted by atomic mass is 9.87. The van der Waals surface area contributed by atoms with Crippen molar-refractivity contribution in [1.82, 2.24) is 10.3 Å². The summed E-state index contributed by atoms with van der Waals surface area (Å²) in [6.45, 7) is 8.07. The molecule has 6 heteroatoms. The summed E-state index contributed by atoms with van der Waals surface area (Å²) < 4.78 is 5.35. The number of ether oxygens (including phenoxy) is 1. The Hall–Kier alpha value is -2.86. The molecule has 34 heavy (non-hydrogen) atoms. The Morgan fingerprint density at radius 3 is 2.29 bits per heavy atom. The van der Waals surface area contributed by atoms with E-state index in [4.69, 9.17) is 4.74 Å². The lowest BCUT2D eigenvalue weighted by molar-refractivity contribution is -0.134. The largest absolute Gasteiger partial charge is 0.361 e. The molecule has 0 spiro atoms. The lowest BCUT2D eigenvalue weighted by Gasteiger charge is -2.25. The van der Waals surface area contributed by atoms with E-state index in [0.29, 0.717) is 25.9 Å². The van der Waals surface area contributed by atoms with Crippen LogP contribution in [0.15, 0.2) is 54.7 Å².